The van der Waals surface area contributed by atoms with Crippen LogP contribution in [0.15, 0.2) is 60.9 Å². The summed E-state index contributed by atoms with van der Waals surface area (Å²) in [5, 5.41) is 21.1. The summed E-state index contributed by atoms with van der Waals surface area (Å²) < 4.78 is 28.2. The average Bonchev–Trinajstić information content (AvgIpc) is 3.55. The largest absolute Gasteiger partial charge is 0.508 e. The molecule has 3 aromatic carbocycles. The second kappa shape index (κ2) is 7.90. The number of nitrogens with zero attached hydrogens (tertiary/aromatic N) is 4. The number of fused-ring (bicyclic) bond motifs is 5. The molecule has 12 heteroatoms. The van der Waals surface area contributed by atoms with Crippen molar-refractivity contribution in [1.29, 1.82) is 0 Å². The zero-order valence-corrected chi connectivity index (χ0v) is 19.9. The first-order valence-electron chi connectivity index (χ1n) is 10.8. The number of rotatable bonds is 5. The van der Waals surface area contributed by atoms with E-state index in [2.05, 4.69) is 15.6 Å². The summed E-state index contributed by atoms with van der Waals surface area (Å²) in [6.07, 6.45) is 2.52. The number of aromatic nitrogens is 4. The van der Waals surface area contributed by atoms with Gasteiger partial charge in [0.15, 0.2) is 0 Å². The van der Waals surface area contributed by atoms with Crippen LogP contribution in [0.3, 0.4) is 0 Å². The van der Waals surface area contributed by atoms with E-state index in [1.54, 1.807) is 41.0 Å². The number of phenols is 1. The highest BCUT2D eigenvalue weighted by Gasteiger charge is 2.35. The smallest absolute Gasteiger partial charge is 0.259 e. The van der Waals surface area contributed by atoms with E-state index in [1.807, 2.05) is 0 Å². The Morgan fingerprint density at radius 3 is 2.50 bits per heavy atom. The number of halogens is 1. The minimum absolute atomic E-state index is 0.00326. The van der Waals surface area contributed by atoms with Crippen LogP contribution < -0.4 is 5.32 Å². The summed E-state index contributed by atoms with van der Waals surface area (Å²) in [4.78, 5) is 25.9. The zero-order chi connectivity index (χ0) is 25.2. The molecule has 0 aliphatic carbocycles. The lowest BCUT2D eigenvalue weighted by atomic mass is 9.93. The van der Waals surface area contributed by atoms with Gasteiger partial charge in [-0.2, -0.15) is 0 Å². The van der Waals surface area contributed by atoms with Gasteiger partial charge >= 0.3 is 0 Å². The van der Waals surface area contributed by atoms with Crippen molar-refractivity contribution < 1.29 is 23.1 Å². The fourth-order valence-electron chi connectivity index (χ4n) is 4.71. The number of imide groups is 1. The molecule has 0 atom stereocenters. The van der Waals surface area contributed by atoms with Crippen molar-refractivity contribution in [3.8, 4) is 16.9 Å². The third-order valence-corrected chi connectivity index (χ3v) is 8.03. The van der Waals surface area contributed by atoms with Crippen molar-refractivity contribution in [2.24, 2.45) is 0 Å². The minimum Gasteiger partial charge on any atom is -0.508 e. The van der Waals surface area contributed by atoms with E-state index in [9.17, 15) is 23.1 Å². The summed E-state index contributed by atoms with van der Waals surface area (Å²) in [5.74, 6) is -1.49. The van der Waals surface area contributed by atoms with Crippen molar-refractivity contribution in [2.75, 3.05) is 5.75 Å². The first-order chi connectivity index (χ1) is 17.3. The molecule has 0 saturated heterocycles. The van der Waals surface area contributed by atoms with Gasteiger partial charge in [-0.1, -0.05) is 35.0 Å². The highest BCUT2D eigenvalue weighted by Crippen LogP contribution is 2.42. The van der Waals surface area contributed by atoms with Crippen LogP contribution in [0.25, 0.3) is 32.9 Å². The lowest BCUT2D eigenvalue weighted by Crippen LogP contribution is -2.20. The average molecular weight is 522 g/mol. The minimum atomic E-state index is -3.82. The number of aryl methyl sites for hydroxylation is 1. The molecule has 0 spiro atoms. The maximum absolute atomic E-state index is 13.0. The quantitative estimate of drug-likeness (QED) is 0.339. The highest BCUT2D eigenvalue weighted by molar-refractivity contribution is 7.89. The third kappa shape index (κ3) is 3.28. The third-order valence-electron chi connectivity index (χ3n) is 6.24. The van der Waals surface area contributed by atoms with Crippen LogP contribution in [-0.2, 0) is 16.6 Å². The number of hydrogen-bond acceptors (Lipinski definition) is 7. The van der Waals surface area contributed by atoms with Crippen LogP contribution >= 0.6 is 11.6 Å². The number of nitrogens with one attached hydrogen (secondary N) is 1. The molecule has 2 amide bonds. The predicted octanol–water partition coefficient (Wildman–Crippen LogP) is 3.17. The fourth-order valence-corrected chi connectivity index (χ4v) is 5.94. The van der Waals surface area contributed by atoms with Crippen molar-refractivity contribution in [3.63, 3.8) is 0 Å². The standard InChI is InChI=1S/C24H16ClN5O5S/c25-17-4-2-1-3-14(17)15-12-19-20(22-21(15)23(32)27-24(22)33)16-11-13(31)5-6-18(16)29(19)9-10-36(34,35)30-8-7-26-28-30/h1-8,11-12,31H,9-10H2,(H,27,32,33). The van der Waals surface area contributed by atoms with Gasteiger partial charge in [0, 0.05) is 33.4 Å². The monoisotopic (exact) mass is 521 g/mol. The summed E-state index contributed by atoms with van der Waals surface area (Å²) in [6, 6.07) is 13.3. The Hall–Kier alpha value is -4.22. The molecule has 2 N–H and O–H groups in total. The van der Waals surface area contributed by atoms with E-state index in [1.165, 1.54) is 24.5 Å². The molecular formula is C24H16ClN5O5S. The molecule has 2 aromatic heterocycles. The molecule has 5 aromatic rings. The number of aromatic hydroxyl groups is 1. The van der Waals surface area contributed by atoms with Gasteiger partial charge in [0.25, 0.3) is 21.8 Å². The van der Waals surface area contributed by atoms with Gasteiger partial charge in [0.2, 0.25) is 0 Å². The molecule has 0 saturated carbocycles. The highest BCUT2D eigenvalue weighted by atomic mass is 35.5. The second-order valence-electron chi connectivity index (χ2n) is 8.28. The number of carbonyl (C=O) groups excluding carboxylic acids is 2. The van der Waals surface area contributed by atoms with Crippen LogP contribution in [0, 0.1) is 0 Å². The van der Waals surface area contributed by atoms with E-state index in [-0.39, 0.29) is 29.2 Å². The molecule has 1 aliphatic rings. The van der Waals surface area contributed by atoms with Gasteiger partial charge in [0.1, 0.15) is 5.75 Å². The Balaban J connectivity index is 1.67. The van der Waals surface area contributed by atoms with Crippen molar-refractivity contribution in [1.82, 2.24) is 24.3 Å². The van der Waals surface area contributed by atoms with E-state index in [0.29, 0.717) is 38.0 Å². The first kappa shape index (κ1) is 22.3. The van der Waals surface area contributed by atoms with Crippen LogP contribution in [0.4, 0.5) is 0 Å². The molecule has 36 heavy (non-hydrogen) atoms. The molecule has 10 nitrogen and oxygen atoms in total. The molecule has 0 unspecified atom stereocenters. The zero-order valence-electron chi connectivity index (χ0n) is 18.3. The van der Waals surface area contributed by atoms with Crippen LogP contribution in [-0.4, -0.2) is 50.1 Å². The Morgan fingerprint density at radius 2 is 1.75 bits per heavy atom. The molecule has 3 heterocycles. The second-order valence-corrected chi connectivity index (χ2v) is 10.6. The predicted molar refractivity (Wildman–Crippen MR) is 133 cm³/mol. The normalized spacial score (nSPS) is 13.5. The molecular weight excluding hydrogens is 506 g/mol. The summed E-state index contributed by atoms with van der Waals surface area (Å²) >= 11 is 6.46. The lowest BCUT2D eigenvalue weighted by molar-refractivity contribution is 0.0880. The van der Waals surface area contributed by atoms with E-state index >= 15 is 0 Å². The van der Waals surface area contributed by atoms with Gasteiger partial charge in [-0.25, -0.2) is 8.42 Å². The Bertz CT molecular complexity index is 1840. The van der Waals surface area contributed by atoms with Gasteiger partial charge in [0.05, 0.1) is 34.8 Å². The van der Waals surface area contributed by atoms with Gasteiger partial charge in [-0.3, -0.25) is 14.9 Å². The number of benzene rings is 3. The summed E-state index contributed by atoms with van der Waals surface area (Å²) in [7, 11) is -3.82. The SMILES string of the molecule is O=C1NC(=O)c2c1c(-c1ccccc1Cl)cc1c2c2cc(O)ccc2n1CCS(=O)(=O)n1ccnn1. The number of hydrogen-bond donors (Lipinski definition) is 2. The first-order valence-corrected chi connectivity index (χ1v) is 12.8. The van der Waals surface area contributed by atoms with Crippen molar-refractivity contribution >= 4 is 55.2 Å². The van der Waals surface area contributed by atoms with E-state index in [0.717, 1.165) is 4.09 Å². The number of amides is 2. The van der Waals surface area contributed by atoms with Crippen molar-refractivity contribution in [3.05, 3.63) is 77.1 Å². The number of carbonyl (C=O) groups is 2. The molecule has 0 fully saturated rings. The van der Waals surface area contributed by atoms with Crippen LogP contribution in [0.2, 0.25) is 5.02 Å². The van der Waals surface area contributed by atoms with Crippen LogP contribution in [0.5, 0.6) is 5.75 Å². The maximum Gasteiger partial charge on any atom is 0.259 e. The van der Waals surface area contributed by atoms with Crippen molar-refractivity contribution in [2.45, 2.75) is 6.54 Å². The molecule has 0 radical (unpaired) electrons. The van der Waals surface area contributed by atoms with Gasteiger partial charge < -0.3 is 9.67 Å². The number of phenolic OH excluding ortho intramolecular Hbond substituents is 1. The Kier molecular flexibility index (Phi) is 4.88. The lowest BCUT2D eigenvalue weighted by Gasteiger charge is -2.12. The Morgan fingerprint density at radius 1 is 0.972 bits per heavy atom. The fraction of sp³-hybridized carbons (Fsp3) is 0.0833. The van der Waals surface area contributed by atoms with Crippen LogP contribution in [0.1, 0.15) is 20.7 Å². The van der Waals surface area contributed by atoms with E-state index in [4.69, 9.17) is 11.6 Å². The molecule has 1 aliphatic heterocycles. The maximum atomic E-state index is 13.0. The molecule has 0 bridgehead atoms. The van der Waals surface area contributed by atoms with Gasteiger partial charge in [-0.15, -0.1) is 9.19 Å². The Labute approximate surface area is 208 Å². The molecule has 6 rings (SSSR count). The molecule has 180 valence electrons. The van der Waals surface area contributed by atoms with E-state index < -0.39 is 21.8 Å². The summed E-state index contributed by atoms with van der Waals surface area (Å²) in [5.41, 5.74) is 2.43. The van der Waals surface area contributed by atoms with Gasteiger partial charge in [-0.05, 0) is 35.9 Å². The topological polar surface area (TPSA) is 136 Å². The summed E-state index contributed by atoms with van der Waals surface area (Å²) in [6.45, 7) is 0.00326.